The van der Waals surface area contributed by atoms with Crippen LogP contribution in [0.4, 0.5) is 5.82 Å². The van der Waals surface area contributed by atoms with Gasteiger partial charge in [-0.05, 0) is 43.2 Å². The molecular weight excluding hydrogens is 390 g/mol. The number of carbonyl (C=O) groups is 2. The third-order valence-corrected chi connectivity index (χ3v) is 5.27. The molecule has 29 heavy (non-hydrogen) atoms. The fourth-order valence-electron chi connectivity index (χ4n) is 3.03. The number of nitrogens with zero attached hydrogens (tertiary/aromatic N) is 3. The van der Waals surface area contributed by atoms with Gasteiger partial charge in [-0.2, -0.15) is 0 Å². The van der Waals surface area contributed by atoms with Gasteiger partial charge in [0.2, 0.25) is 0 Å². The van der Waals surface area contributed by atoms with Crippen molar-refractivity contribution in [2.24, 2.45) is 0 Å². The zero-order chi connectivity index (χ0) is 20.6. The first-order chi connectivity index (χ1) is 14.1. The molecular formula is C20H23N5O3S. The van der Waals surface area contributed by atoms with E-state index in [9.17, 15) is 9.59 Å². The Kier molecular flexibility index (Phi) is 7.18. The predicted octanol–water partition coefficient (Wildman–Crippen LogP) is 3.94. The number of unbranched alkanes of at least 4 members (excludes halogenated alkanes) is 2. The van der Waals surface area contributed by atoms with Crippen molar-refractivity contribution >= 4 is 40.9 Å². The van der Waals surface area contributed by atoms with Gasteiger partial charge < -0.3 is 15.4 Å². The van der Waals surface area contributed by atoms with Crippen molar-refractivity contribution in [3.63, 3.8) is 0 Å². The normalized spacial score (nSPS) is 10.9. The molecule has 0 saturated heterocycles. The number of carboxylic acid groups (broad SMARTS) is 1. The molecule has 0 spiro atoms. The highest BCUT2D eigenvalue weighted by atomic mass is 32.2. The number of aromatic amines is 1. The number of rotatable bonds is 11. The molecule has 0 bridgehead atoms. The summed E-state index contributed by atoms with van der Waals surface area (Å²) in [6.45, 7) is 2.61. The number of aldehydes is 1. The van der Waals surface area contributed by atoms with E-state index < -0.39 is 5.97 Å². The molecule has 0 radical (unpaired) electrons. The molecule has 0 fully saturated rings. The van der Waals surface area contributed by atoms with Crippen LogP contribution in [-0.2, 0) is 11.2 Å². The number of nitrogens with one attached hydrogen (secondary N) is 2. The Morgan fingerprint density at radius 3 is 2.86 bits per heavy atom. The average molecular weight is 414 g/mol. The van der Waals surface area contributed by atoms with Crippen LogP contribution in [0.2, 0.25) is 0 Å². The molecule has 9 heteroatoms. The van der Waals surface area contributed by atoms with Gasteiger partial charge in [-0.3, -0.25) is 14.6 Å². The summed E-state index contributed by atoms with van der Waals surface area (Å²) in [5.41, 5.74) is 2.03. The lowest BCUT2D eigenvalue weighted by Crippen LogP contribution is -2.06. The van der Waals surface area contributed by atoms with Crippen molar-refractivity contribution < 1.29 is 14.7 Å². The minimum Gasteiger partial charge on any atom is -0.481 e. The van der Waals surface area contributed by atoms with E-state index in [0.29, 0.717) is 47.0 Å². The molecule has 0 saturated carbocycles. The van der Waals surface area contributed by atoms with Gasteiger partial charge in [0.1, 0.15) is 11.5 Å². The molecule has 0 aliphatic rings. The number of aryl methyl sites for hydroxylation is 1. The first kappa shape index (κ1) is 20.8. The molecule has 3 rings (SSSR count). The van der Waals surface area contributed by atoms with Crippen molar-refractivity contribution in [1.29, 1.82) is 0 Å². The molecule has 0 amide bonds. The quantitative estimate of drug-likeness (QED) is 0.246. The molecule has 0 aliphatic heterocycles. The zero-order valence-corrected chi connectivity index (χ0v) is 17.0. The molecule has 8 nitrogen and oxygen atoms in total. The number of hydrogen-bond acceptors (Lipinski definition) is 7. The molecule has 3 aromatic heterocycles. The summed E-state index contributed by atoms with van der Waals surface area (Å²) < 4.78 is 0. The summed E-state index contributed by atoms with van der Waals surface area (Å²) in [7, 11) is 0. The Labute approximate surface area is 172 Å². The number of fused-ring (bicyclic) bond motifs is 1. The van der Waals surface area contributed by atoms with E-state index >= 15 is 0 Å². The number of carbonyl (C=O) groups excluding carboxylic acids is 1. The zero-order valence-electron chi connectivity index (χ0n) is 16.1. The van der Waals surface area contributed by atoms with Crippen LogP contribution in [0.25, 0.3) is 11.0 Å². The Morgan fingerprint density at radius 2 is 2.17 bits per heavy atom. The number of anilines is 1. The molecule has 152 valence electrons. The highest BCUT2D eigenvalue weighted by Crippen LogP contribution is 2.31. The lowest BCUT2D eigenvalue weighted by atomic mass is 10.1. The van der Waals surface area contributed by atoms with Crippen molar-refractivity contribution in [3.05, 3.63) is 35.8 Å². The van der Waals surface area contributed by atoms with Crippen LogP contribution in [0.1, 0.15) is 48.7 Å². The summed E-state index contributed by atoms with van der Waals surface area (Å²) >= 11 is 1.40. The fraction of sp³-hybridized carbons (Fsp3) is 0.350. The third kappa shape index (κ3) is 5.32. The lowest BCUT2D eigenvalue weighted by molar-refractivity contribution is -0.137. The maximum Gasteiger partial charge on any atom is 0.303 e. The molecule has 0 aliphatic carbocycles. The van der Waals surface area contributed by atoms with E-state index in [1.165, 1.54) is 11.8 Å². The van der Waals surface area contributed by atoms with Crippen LogP contribution in [-0.4, -0.2) is 43.8 Å². The van der Waals surface area contributed by atoms with Gasteiger partial charge in [-0.25, -0.2) is 9.97 Å². The summed E-state index contributed by atoms with van der Waals surface area (Å²) in [4.78, 5) is 39.8. The van der Waals surface area contributed by atoms with Crippen molar-refractivity contribution in [1.82, 2.24) is 19.9 Å². The molecule has 0 atom stereocenters. The largest absolute Gasteiger partial charge is 0.481 e. The van der Waals surface area contributed by atoms with Gasteiger partial charge in [0.15, 0.2) is 11.4 Å². The highest BCUT2D eigenvalue weighted by molar-refractivity contribution is 7.99. The first-order valence-corrected chi connectivity index (χ1v) is 10.3. The number of pyridine rings is 1. The standard InChI is InChI=1S/C20H23N5O3S/c1-2-15-14(12-26)17-18(22-10-5-3-4-8-16(27)28)24-20(25-19(17)23-15)29-13-7-6-9-21-11-13/h6-7,9,11-12H,2-5,8,10H2,1H3,(H,27,28)(H2,22,23,24,25). The van der Waals surface area contributed by atoms with Crippen LogP contribution in [0.5, 0.6) is 0 Å². The monoisotopic (exact) mass is 413 g/mol. The van der Waals surface area contributed by atoms with E-state index in [0.717, 1.165) is 29.7 Å². The molecule has 3 N–H and O–H groups in total. The predicted molar refractivity (Wildman–Crippen MR) is 112 cm³/mol. The van der Waals surface area contributed by atoms with Gasteiger partial charge in [0.05, 0.1) is 5.39 Å². The van der Waals surface area contributed by atoms with Crippen LogP contribution >= 0.6 is 11.8 Å². The van der Waals surface area contributed by atoms with Gasteiger partial charge >= 0.3 is 5.97 Å². The van der Waals surface area contributed by atoms with Crippen LogP contribution in [0.3, 0.4) is 0 Å². The van der Waals surface area contributed by atoms with Crippen molar-refractivity contribution in [2.75, 3.05) is 11.9 Å². The molecule has 0 aromatic carbocycles. The molecule has 0 unspecified atom stereocenters. The highest BCUT2D eigenvalue weighted by Gasteiger charge is 2.18. The van der Waals surface area contributed by atoms with Crippen LogP contribution < -0.4 is 5.32 Å². The van der Waals surface area contributed by atoms with Crippen molar-refractivity contribution in [3.8, 4) is 0 Å². The maximum atomic E-state index is 11.7. The van der Waals surface area contributed by atoms with Crippen LogP contribution in [0.15, 0.2) is 34.6 Å². The Bertz CT molecular complexity index is 991. The second kappa shape index (κ2) is 10.0. The summed E-state index contributed by atoms with van der Waals surface area (Å²) in [6, 6.07) is 3.79. The van der Waals surface area contributed by atoms with Crippen molar-refractivity contribution in [2.45, 2.75) is 49.1 Å². The third-order valence-electron chi connectivity index (χ3n) is 4.43. The Balaban J connectivity index is 1.84. The van der Waals surface area contributed by atoms with Crippen LogP contribution in [0, 0.1) is 0 Å². The number of hydrogen-bond donors (Lipinski definition) is 3. The van der Waals surface area contributed by atoms with Gasteiger partial charge in [0.25, 0.3) is 0 Å². The summed E-state index contributed by atoms with van der Waals surface area (Å²) in [5, 5.41) is 13.3. The number of aromatic nitrogens is 4. The van der Waals surface area contributed by atoms with E-state index in [1.807, 2.05) is 19.1 Å². The molecule has 3 aromatic rings. The van der Waals surface area contributed by atoms with Gasteiger partial charge in [-0.15, -0.1) is 0 Å². The summed E-state index contributed by atoms with van der Waals surface area (Å²) in [5.74, 6) is -0.166. The Morgan fingerprint density at radius 1 is 1.31 bits per heavy atom. The van der Waals surface area contributed by atoms with E-state index in [1.54, 1.807) is 12.4 Å². The Hall–Kier alpha value is -2.94. The first-order valence-electron chi connectivity index (χ1n) is 9.53. The topological polar surface area (TPSA) is 121 Å². The number of carboxylic acids is 1. The second-order valence-electron chi connectivity index (χ2n) is 6.49. The SMILES string of the molecule is CCc1[nH]c2nc(Sc3cccnc3)nc(NCCCCCC(=O)O)c2c1C=O. The maximum absolute atomic E-state index is 11.7. The number of aliphatic carboxylic acids is 1. The van der Waals surface area contributed by atoms with E-state index in [4.69, 9.17) is 5.11 Å². The van der Waals surface area contributed by atoms with Gasteiger partial charge in [-0.1, -0.05) is 13.3 Å². The fourth-order valence-corrected chi connectivity index (χ4v) is 3.77. The van der Waals surface area contributed by atoms with E-state index in [-0.39, 0.29) is 6.42 Å². The van der Waals surface area contributed by atoms with E-state index in [2.05, 4.69) is 25.3 Å². The lowest BCUT2D eigenvalue weighted by Gasteiger charge is -2.09. The number of H-pyrrole nitrogens is 1. The minimum atomic E-state index is -0.775. The smallest absolute Gasteiger partial charge is 0.303 e. The average Bonchev–Trinajstić information content (AvgIpc) is 3.08. The summed E-state index contributed by atoms with van der Waals surface area (Å²) in [6.07, 6.45) is 7.41. The minimum absolute atomic E-state index is 0.177. The van der Waals surface area contributed by atoms with Gasteiger partial charge in [0, 0.05) is 41.5 Å². The molecule has 3 heterocycles. The second-order valence-corrected chi connectivity index (χ2v) is 7.53.